The van der Waals surface area contributed by atoms with Crippen molar-refractivity contribution in [1.29, 1.82) is 0 Å². The van der Waals surface area contributed by atoms with Crippen LogP contribution in [0.4, 0.5) is 0 Å². The van der Waals surface area contributed by atoms with Gasteiger partial charge in [-0.25, -0.2) is 0 Å². The zero-order valence-electron chi connectivity index (χ0n) is 11.5. The summed E-state index contributed by atoms with van der Waals surface area (Å²) in [7, 11) is 0. The minimum Gasteiger partial charge on any atom is -0.312 e. The van der Waals surface area contributed by atoms with Crippen molar-refractivity contribution in [3.63, 3.8) is 0 Å². The van der Waals surface area contributed by atoms with Crippen LogP contribution in [-0.2, 0) is 0 Å². The molecule has 0 aliphatic heterocycles. The summed E-state index contributed by atoms with van der Waals surface area (Å²) >= 11 is 1.99. The molecule has 1 aliphatic rings. The van der Waals surface area contributed by atoms with Gasteiger partial charge in [0, 0.05) is 5.54 Å². The van der Waals surface area contributed by atoms with Crippen molar-refractivity contribution in [2.75, 3.05) is 18.6 Å². The molecule has 2 heteroatoms. The lowest BCUT2D eigenvalue weighted by molar-refractivity contribution is 0.283. The fourth-order valence-electron chi connectivity index (χ4n) is 2.64. The molecule has 1 rings (SSSR count). The summed E-state index contributed by atoms with van der Waals surface area (Å²) in [6, 6.07) is 0. The van der Waals surface area contributed by atoms with Gasteiger partial charge in [-0.2, -0.15) is 11.8 Å². The van der Waals surface area contributed by atoms with Crippen molar-refractivity contribution < 1.29 is 0 Å². The first kappa shape index (κ1) is 14.4. The predicted octanol–water partition coefficient (Wildman–Crippen LogP) is 3.93. The molecule has 0 heterocycles. The normalized spacial score (nSPS) is 20.2. The van der Waals surface area contributed by atoms with Crippen LogP contribution in [0.25, 0.3) is 0 Å². The molecule has 0 saturated heterocycles. The lowest BCUT2D eigenvalue weighted by Crippen LogP contribution is -2.40. The zero-order chi connectivity index (χ0) is 12.0. The van der Waals surface area contributed by atoms with E-state index in [-0.39, 0.29) is 5.54 Å². The molecule has 0 aromatic heterocycles. The molecule has 0 radical (unpaired) electrons. The third kappa shape index (κ3) is 5.58. The fourth-order valence-corrected chi connectivity index (χ4v) is 3.18. The predicted molar refractivity (Wildman–Crippen MR) is 76.2 cm³/mol. The van der Waals surface area contributed by atoms with E-state index in [4.69, 9.17) is 0 Å². The summed E-state index contributed by atoms with van der Waals surface area (Å²) in [5.74, 6) is 3.24. The van der Waals surface area contributed by atoms with Crippen LogP contribution in [-0.4, -0.2) is 24.1 Å². The Kier molecular flexibility index (Phi) is 6.20. The van der Waals surface area contributed by atoms with Crippen molar-refractivity contribution >= 4 is 11.8 Å². The first-order valence-electron chi connectivity index (χ1n) is 6.77. The van der Waals surface area contributed by atoms with Crippen LogP contribution in [0, 0.1) is 11.8 Å². The first-order chi connectivity index (χ1) is 7.53. The van der Waals surface area contributed by atoms with Crippen LogP contribution < -0.4 is 5.32 Å². The van der Waals surface area contributed by atoms with Crippen LogP contribution in [0.1, 0.15) is 52.9 Å². The smallest absolute Gasteiger partial charge is 0.00966 e. The van der Waals surface area contributed by atoms with Crippen LogP contribution in [0.15, 0.2) is 0 Å². The Morgan fingerprint density at radius 2 is 1.88 bits per heavy atom. The van der Waals surface area contributed by atoms with Gasteiger partial charge in [-0.3, -0.25) is 0 Å². The van der Waals surface area contributed by atoms with E-state index in [1.807, 2.05) is 11.8 Å². The molecule has 96 valence electrons. The summed E-state index contributed by atoms with van der Waals surface area (Å²) in [6.07, 6.45) is 9.51. The molecule has 0 bridgehead atoms. The lowest BCUT2D eigenvalue weighted by Gasteiger charge is -2.28. The van der Waals surface area contributed by atoms with Crippen molar-refractivity contribution in [1.82, 2.24) is 5.32 Å². The van der Waals surface area contributed by atoms with E-state index in [0.29, 0.717) is 0 Å². The molecule has 0 aromatic carbocycles. The van der Waals surface area contributed by atoms with Crippen molar-refractivity contribution in [3.8, 4) is 0 Å². The molecule has 1 fully saturated rings. The molecule has 1 nitrogen and oxygen atoms in total. The number of thioether (sulfide) groups is 1. The molecule has 16 heavy (non-hydrogen) atoms. The van der Waals surface area contributed by atoms with Crippen LogP contribution in [0.5, 0.6) is 0 Å². The molecule has 1 saturated carbocycles. The number of hydrogen-bond donors (Lipinski definition) is 1. The Hall–Kier alpha value is 0.310. The lowest BCUT2D eigenvalue weighted by atomic mass is 9.88. The first-order valence-corrected chi connectivity index (χ1v) is 8.16. The highest BCUT2D eigenvalue weighted by Crippen LogP contribution is 2.33. The Morgan fingerprint density at radius 1 is 1.25 bits per heavy atom. The summed E-state index contributed by atoms with van der Waals surface area (Å²) < 4.78 is 0. The molecule has 1 atom stereocenters. The van der Waals surface area contributed by atoms with Crippen LogP contribution in [0.2, 0.25) is 0 Å². The highest BCUT2D eigenvalue weighted by Gasteiger charge is 2.25. The Labute approximate surface area is 106 Å². The van der Waals surface area contributed by atoms with Gasteiger partial charge in [0.1, 0.15) is 0 Å². The molecule has 1 aliphatic carbocycles. The summed E-state index contributed by atoms with van der Waals surface area (Å²) in [5.41, 5.74) is 0.274. The highest BCUT2D eigenvalue weighted by atomic mass is 32.2. The average molecular weight is 243 g/mol. The second-order valence-corrected chi connectivity index (χ2v) is 7.20. The van der Waals surface area contributed by atoms with Crippen molar-refractivity contribution in [3.05, 3.63) is 0 Å². The van der Waals surface area contributed by atoms with Crippen molar-refractivity contribution in [2.45, 2.75) is 58.4 Å². The van der Waals surface area contributed by atoms with Gasteiger partial charge in [0.05, 0.1) is 0 Å². The highest BCUT2D eigenvalue weighted by molar-refractivity contribution is 7.98. The van der Waals surface area contributed by atoms with Gasteiger partial charge in [-0.1, -0.05) is 25.7 Å². The van der Waals surface area contributed by atoms with E-state index in [9.17, 15) is 0 Å². The molecular formula is C14H29NS. The Balaban J connectivity index is 2.36. The second kappa shape index (κ2) is 6.90. The molecule has 0 amide bonds. The van der Waals surface area contributed by atoms with Gasteiger partial charge in [0.15, 0.2) is 0 Å². The van der Waals surface area contributed by atoms with Gasteiger partial charge in [-0.05, 0) is 57.6 Å². The Morgan fingerprint density at radius 3 is 2.38 bits per heavy atom. The van der Waals surface area contributed by atoms with E-state index in [1.165, 1.54) is 44.4 Å². The third-order valence-electron chi connectivity index (χ3n) is 3.65. The van der Waals surface area contributed by atoms with Gasteiger partial charge in [0.2, 0.25) is 0 Å². The molecular weight excluding hydrogens is 214 g/mol. The molecule has 0 spiro atoms. The minimum absolute atomic E-state index is 0.274. The van der Waals surface area contributed by atoms with E-state index in [1.54, 1.807) is 0 Å². The minimum atomic E-state index is 0.274. The average Bonchev–Trinajstić information content (AvgIpc) is 2.69. The SMILES string of the molecule is CSCCC(CNC(C)(C)C)C1CCCC1. The fraction of sp³-hybridized carbons (Fsp3) is 1.00. The van der Waals surface area contributed by atoms with Gasteiger partial charge in [-0.15, -0.1) is 0 Å². The maximum absolute atomic E-state index is 3.70. The molecule has 0 aromatic rings. The standard InChI is InChI=1S/C14H29NS/c1-14(2,3)15-11-13(9-10-16-4)12-7-5-6-8-12/h12-13,15H,5-11H2,1-4H3. The summed E-state index contributed by atoms with van der Waals surface area (Å²) in [6.45, 7) is 8.03. The zero-order valence-corrected chi connectivity index (χ0v) is 12.3. The van der Waals surface area contributed by atoms with Crippen LogP contribution >= 0.6 is 11.8 Å². The number of hydrogen-bond acceptors (Lipinski definition) is 2. The monoisotopic (exact) mass is 243 g/mol. The van der Waals surface area contributed by atoms with E-state index in [0.717, 1.165) is 11.8 Å². The number of rotatable bonds is 6. The van der Waals surface area contributed by atoms with E-state index >= 15 is 0 Å². The largest absolute Gasteiger partial charge is 0.312 e. The van der Waals surface area contributed by atoms with Gasteiger partial charge >= 0.3 is 0 Å². The topological polar surface area (TPSA) is 12.0 Å². The van der Waals surface area contributed by atoms with Crippen molar-refractivity contribution in [2.24, 2.45) is 11.8 Å². The maximum atomic E-state index is 3.70. The van der Waals surface area contributed by atoms with Crippen LogP contribution in [0.3, 0.4) is 0 Å². The van der Waals surface area contributed by atoms with Gasteiger partial charge in [0.25, 0.3) is 0 Å². The Bertz CT molecular complexity index is 180. The number of nitrogens with one attached hydrogen (secondary N) is 1. The van der Waals surface area contributed by atoms with E-state index < -0.39 is 0 Å². The maximum Gasteiger partial charge on any atom is 0.00966 e. The summed E-state index contributed by atoms with van der Waals surface area (Å²) in [4.78, 5) is 0. The molecule has 1 N–H and O–H groups in total. The van der Waals surface area contributed by atoms with E-state index in [2.05, 4.69) is 32.3 Å². The molecule has 1 unspecified atom stereocenters. The quantitative estimate of drug-likeness (QED) is 0.758. The van der Waals surface area contributed by atoms with Gasteiger partial charge < -0.3 is 5.32 Å². The second-order valence-electron chi connectivity index (χ2n) is 6.22. The summed E-state index contributed by atoms with van der Waals surface area (Å²) in [5, 5.41) is 3.70. The third-order valence-corrected chi connectivity index (χ3v) is 4.30.